The van der Waals surface area contributed by atoms with Crippen LogP contribution in [0.1, 0.15) is 22.3 Å². The van der Waals surface area contributed by atoms with E-state index in [1.165, 1.54) is 21.4 Å². The molecule has 0 atom stereocenters. The van der Waals surface area contributed by atoms with E-state index in [2.05, 4.69) is 98.0 Å². The lowest BCUT2D eigenvalue weighted by atomic mass is 10.1. The fraction of sp³-hybridized carbons (Fsp3) is 0.138. The fourth-order valence-electron chi connectivity index (χ4n) is 3.84. The first-order chi connectivity index (χ1) is 16.1. The molecule has 5 rings (SSSR count). The number of nitrogens with one attached hydrogen (secondary N) is 1. The van der Waals surface area contributed by atoms with Crippen LogP contribution in [0, 0.1) is 13.8 Å². The molecule has 0 bridgehead atoms. The van der Waals surface area contributed by atoms with Gasteiger partial charge in [0.05, 0.1) is 10.2 Å². The van der Waals surface area contributed by atoms with Crippen molar-refractivity contribution < 1.29 is 4.74 Å². The summed E-state index contributed by atoms with van der Waals surface area (Å²) >= 11 is 1.74. The molecule has 1 N–H and O–H groups in total. The van der Waals surface area contributed by atoms with E-state index in [1.54, 1.807) is 11.3 Å². The van der Waals surface area contributed by atoms with Gasteiger partial charge < -0.3 is 10.1 Å². The summed E-state index contributed by atoms with van der Waals surface area (Å²) in [5.74, 6) is 0.910. The molecule has 1 aromatic heterocycles. The Labute approximate surface area is 198 Å². The second-order valence-electron chi connectivity index (χ2n) is 8.31. The average Bonchev–Trinajstić information content (AvgIpc) is 3.25. The lowest BCUT2D eigenvalue weighted by molar-refractivity contribution is 0.303. The summed E-state index contributed by atoms with van der Waals surface area (Å²) in [5, 5.41) is 4.58. The number of thiazole rings is 1. The molecule has 0 aliphatic carbocycles. The predicted octanol–water partition coefficient (Wildman–Crippen LogP) is 7.77. The van der Waals surface area contributed by atoms with E-state index in [0.717, 1.165) is 33.1 Å². The molecule has 0 saturated carbocycles. The van der Waals surface area contributed by atoms with Crippen molar-refractivity contribution in [1.82, 2.24) is 4.98 Å². The third-order valence-electron chi connectivity index (χ3n) is 5.61. The van der Waals surface area contributed by atoms with Gasteiger partial charge in [0.15, 0.2) is 0 Å². The summed E-state index contributed by atoms with van der Waals surface area (Å²) in [6.07, 6.45) is 0. The highest BCUT2D eigenvalue weighted by Gasteiger charge is 2.08. The van der Waals surface area contributed by atoms with E-state index in [0.29, 0.717) is 13.2 Å². The zero-order chi connectivity index (χ0) is 22.6. The molecule has 0 spiro atoms. The van der Waals surface area contributed by atoms with Crippen molar-refractivity contribution in [1.29, 1.82) is 0 Å². The Kier molecular flexibility index (Phi) is 6.09. The molecule has 0 saturated heterocycles. The van der Waals surface area contributed by atoms with Crippen molar-refractivity contribution in [3.8, 4) is 16.3 Å². The normalized spacial score (nSPS) is 11.0. The van der Waals surface area contributed by atoms with Gasteiger partial charge in [0.2, 0.25) is 0 Å². The molecule has 1 heterocycles. The number of hydrogen-bond donors (Lipinski definition) is 1. The summed E-state index contributed by atoms with van der Waals surface area (Å²) in [5.41, 5.74) is 8.10. The van der Waals surface area contributed by atoms with Crippen molar-refractivity contribution in [2.75, 3.05) is 5.32 Å². The highest BCUT2D eigenvalue weighted by atomic mass is 32.1. The van der Waals surface area contributed by atoms with Gasteiger partial charge in [0, 0.05) is 23.4 Å². The number of anilines is 1. The zero-order valence-electron chi connectivity index (χ0n) is 18.8. The molecule has 0 radical (unpaired) electrons. The summed E-state index contributed by atoms with van der Waals surface area (Å²) in [4.78, 5) is 4.79. The Morgan fingerprint density at radius 1 is 0.818 bits per heavy atom. The third-order valence-corrected chi connectivity index (χ3v) is 6.68. The molecule has 0 unspecified atom stereocenters. The van der Waals surface area contributed by atoms with Crippen LogP contribution in [0.4, 0.5) is 5.69 Å². The maximum Gasteiger partial charge on any atom is 0.124 e. The van der Waals surface area contributed by atoms with E-state index >= 15 is 0 Å². The molecular weight excluding hydrogens is 424 g/mol. The number of benzene rings is 4. The van der Waals surface area contributed by atoms with Gasteiger partial charge in [-0.3, -0.25) is 0 Å². The van der Waals surface area contributed by atoms with E-state index in [1.807, 2.05) is 12.1 Å². The van der Waals surface area contributed by atoms with Gasteiger partial charge in [-0.15, -0.1) is 11.3 Å². The minimum atomic E-state index is 0.565. The predicted molar refractivity (Wildman–Crippen MR) is 139 cm³/mol. The highest BCUT2D eigenvalue weighted by Crippen LogP contribution is 2.31. The van der Waals surface area contributed by atoms with Crippen LogP contribution >= 0.6 is 11.3 Å². The van der Waals surface area contributed by atoms with E-state index in [9.17, 15) is 0 Å². The van der Waals surface area contributed by atoms with E-state index in [-0.39, 0.29) is 0 Å². The number of aromatic nitrogens is 1. The van der Waals surface area contributed by atoms with Crippen LogP contribution in [-0.2, 0) is 13.2 Å². The second kappa shape index (κ2) is 9.47. The van der Waals surface area contributed by atoms with E-state index < -0.39 is 0 Å². The number of nitrogens with zero attached hydrogens (tertiary/aromatic N) is 1. The molecule has 3 nitrogen and oxygen atoms in total. The van der Waals surface area contributed by atoms with Crippen molar-refractivity contribution >= 4 is 27.2 Å². The van der Waals surface area contributed by atoms with Crippen LogP contribution in [0.25, 0.3) is 20.8 Å². The topological polar surface area (TPSA) is 34.1 Å². The summed E-state index contributed by atoms with van der Waals surface area (Å²) in [6, 6.07) is 31.5. The number of fused-ring (bicyclic) bond motifs is 1. The Morgan fingerprint density at radius 3 is 2.48 bits per heavy atom. The maximum absolute atomic E-state index is 6.13. The summed E-state index contributed by atoms with van der Waals surface area (Å²) in [6.45, 7) is 5.48. The van der Waals surface area contributed by atoms with Crippen LogP contribution in [0.5, 0.6) is 5.75 Å². The number of para-hydroxylation sites is 1. The molecule has 33 heavy (non-hydrogen) atoms. The van der Waals surface area contributed by atoms with Crippen LogP contribution in [0.3, 0.4) is 0 Å². The molecule has 0 amide bonds. The highest BCUT2D eigenvalue weighted by molar-refractivity contribution is 7.21. The van der Waals surface area contributed by atoms with Gasteiger partial charge in [-0.2, -0.15) is 0 Å². The van der Waals surface area contributed by atoms with Gasteiger partial charge in [-0.05, 0) is 67.4 Å². The molecule has 4 heteroatoms. The zero-order valence-corrected chi connectivity index (χ0v) is 19.7. The van der Waals surface area contributed by atoms with Crippen LogP contribution in [0.15, 0.2) is 91.0 Å². The van der Waals surface area contributed by atoms with Gasteiger partial charge in [0.25, 0.3) is 0 Å². The lowest BCUT2D eigenvalue weighted by Crippen LogP contribution is -2.03. The van der Waals surface area contributed by atoms with Crippen LogP contribution in [-0.4, -0.2) is 4.98 Å². The minimum Gasteiger partial charge on any atom is -0.489 e. The molecular formula is C29H26N2OS. The quantitative estimate of drug-likeness (QED) is 0.275. The van der Waals surface area contributed by atoms with Gasteiger partial charge in [-0.25, -0.2) is 4.98 Å². The van der Waals surface area contributed by atoms with Gasteiger partial charge in [0.1, 0.15) is 17.4 Å². The summed E-state index contributed by atoms with van der Waals surface area (Å²) in [7, 11) is 0. The molecule has 0 aliphatic heterocycles. The van der Waals surface area contributed by atoms with Crippen molar-refractivity contribution in [2.24, 2.45) is 0 Å². The van der Waals surface area contributed by atoms with Gasteiger partial charge >= 0.3 is 0 Å². The Morgan fingerprint density at radius 2 is 1.64 bits per heavy atom. The number of aryl methyl sites for hydroxylation is 2. The van der Waals surface area contributed by atoms with E-state index in [4.69, 9.17) is 9.72 Å². The Balaban J connectivity index is 1.25. The smallest absolute Gasteiger partial charge is 0.124 e. The fourth-order valence-corrected chi connectivity index (χ4v) is 4.91. The van der Waals surface area contributed by atoms with Crippen molar-refractivity contribution in [3.63, 3.8) is 0 Å². The molecule has 4 aromatic carbocycles. The number of hydrogen-bond acceptors (Lipinski definition) is 4. The monoisotopic (exact) mass is 450 g/mol. The Hall–Kier alpha value is -3.63. The molecule has 5 aromatic rings. The van der Waals surface area contributed by atoms with Crippen molar-refractivity contribution in [2.45, 2.75) is 27.0 Å². The van der Waals surface area contributed by atoms with Crippen LogP contribution in [0.2, 0.25) is 0 Å². The first-order valence-corrected chi connectivity index (χ1v) is 11.9. The largest absolute Gasteiger partial charge is 0.489 e. The number of rotatable bonds is 7. The molecule has 0 fully saturated rings. The Bertz CT molecular complexity index is 1390. The SMILES string of the molecule is Cc1cccc(COc2ccccc2CNc2ccc(-c3nc4ccc(C)cc4s3)cc2)c1. The standard InChI is InChI=1S/C29H26N2OS/c1-20-6-5-7-22(16-20)19-32-27-9-4-3-8-24(27)18-30-25-13-11-23(12-14-25)29-31-26-15-10-21(2)17-28(26)33-29/h3-17,30H,18-19H2,1-2H3. The first kappa shape index (κ1) is 21.2. The minimum absolute atomic E-state index is 0.565. The average molecular weight is 451 g/mol. The van der Waals surface area contributed by atoms with Crippen LogP contribution < -0.4 is 10.1 Å². The molecule has 164 valence electrons. The van der Waals surface area contributed by atoms with Gasteiger partial charge in [-0.1, -0.05) is 54.1 Å². The number of ether oxygens (including phenoxy) is 1. The third kappa shape index (κ3) is 5.07. The molecule has 0 aliphatic rings. The summed E-state index contributed by atoms with van der Waals surface area (Å²) < 4.78 is 7.36. The maximum atomic E-state index is 6.13. The van der Waals surface area contributed by atoms with Crippen molar-refractivity contribution in [3.05, 3.63) is 113 Å². The first-order valence-electron chi connectivity index (χ1n) is 11.1. The second-order valence-corrected chi connectivity index (χ2v) is 9.34. The lowest BCUT2D eigenvalue weighted by Gasteiger charge is -2.13.